The number of hydrogen-bond acceptors (Lipinski definition) is 3. The van der Waals surface area contributed by atoms with E-state index in [-0.39, 0.29) is 5.91 Å². The van der Waals surface area contributed by atoms with E-state index >= 15 is 0 Å². The van der Waals surface area contributed by atoms with E-state index < -0.39 is 0 Å². The van der Waals surface area contributed by atoms with Gasteiger partial charge in [0.05, 0.1) is 5.69 Å². The summed E-state index contributed by atoms with van der Waals surface area (Å²) in [5, 5.41) is 10.4. The molecule has 0 spiro atoms. The number of H-pyrrole nitrogens is 1. The molecule has 0 saturated heterocycles. The van der Waals surface area contributed by atoms with E-state index in [2.05, 4.69) is 15.5 Å². The van der Waals surface area contributed by atoms with Crippen molar-refractivity contribution in [2.45, 2.75) is 6.54 Å². The van der Waals surface area contributed by atoms with Crippen LogP contribution in [0.1, 0.15) is 16.1 Å². The third-order valence-electron chi connectivity index (χ3n) is 3.75. The van der Waals surface area contributed by atoms with Crippen molar-refractivity contribution in [3.05, 3.63) is 59.0 Å². The van der Waals surface area contributed by atoms with E-state index in [1.165, 1.54) is 0 Å². The monoisotopic (exact) mass is 357 g/mol. The van der Waals surface area contributed by atoms with Crippen LogP contribution in [-0.4, -0.2) is 39.7 Å². The number of rotatable bonds is 5. The van der Waals surface area contributed by atoms with Gasteiger partial charge in [0.2, 0.25) is 0 Å². The Bertz CT molecular complexity index is 897. The molecule has 0 bridgehead atoms. The summed E-state index contributed by atoms with van der Waals surface area (Å²) in [5.74, 6) is -0.258. The van der Waals surface area contributed by atoms with Crippen molar-refractivity contribution >= 4 is 23.2 Å². The lowest BCUT2D eigenvalue weighted by atomic mass is 10.2. The molecule has 0 unspecified atom stereocenters. The highest BCUT2D eigenvalue weighted by Gasteiger charge is 2.13. The third-order valence-corrected chi connectivity index (χ3v) is 4.10. The minimum atomic E-state index is -0.258. The fraction of sp³-hybridized carbons (Fsp3) is 0.222. The van der Waals surface area contributed by atoms with Gasteiger partial charge in [0.15, 0.2) is 0 Å². The van der Waals surface area contributed by atoms with Crippen LogP contribution in [0.2, 0.25) is 5.02 Å². The fourth-order valence-corrected chi connectivity index (χ4v) is 2.77. The number of nitrogens with zero attached hydrogens (tertiary/aromatic N) is 3. The average Bonchev–Trinajstić information content (AvgIpc) is 3.18. The minimum absolute atomic E-state index is 0.258. The van der Waals surface area contributed by atoms with Gasteiger partial charge in [0.1, 0.15) is 5.69 Å². The van der Waals surface area contributed by atoms with Gasteiger partial charge in [-0.3, -0.25) is 9.89 Å². The first-order valence-corrected chi connectivity index (χ1v) is 8.22. The molecule has 2 N–H and O–H groups in total. The maximum Gasteiger partial charge on any atom is 0.273 e. The summed E-state index contributed by atoms with van der Waals surface area (Å²) < 4.78 is 1.93. The van der Waals surface area contributed by atoms with Crippen LogP contribution in [0.5, 0.6) is 0 Å². The summed E-state index contributed by atoms with van der Waals surface area (Å²) in [4.78, 5) is 14.4. The summed E-state index contributed by atoms with van der Waals surface area (Å²) in [6.45, 7) is 0.744. The van der Waals surface area contributed by atoms with Crippen molar-refractivity contribution in [3.63, 3.8) is 0 Å². The van der Waals surface area contributed by atoms with Gasteiger partial charge in [-0.15, -0.1) is 0 Å². The molecular weight excluding hydrogens is 338 g/mol. The van der Waals surface area contributed by atoms with E-state index in [9.17, 15) is 4.79 Å². The molecule has 0 fully saturated rings. The van der Waals surface area contributed by atoms with Crippen LogP contribution in [-0.2, 0) is 13.6 Å². The second-order valence-electron chi connectivity index (χ2n) is 6.23. The summed E-state index contributed by atoms with van der Waals surface area (Å²) in [5.41, 5.74) is 3.73. The maximum absolute atomic E-state index is 12.4. The van der Waals surface area contributed by atoms with E-state index in [4.69, 9.17) is 11.6 Å². The second kappa shape index (κ2) is 7.13. The van der Waals surface area contributed by atoms with E-state index in [0.29, 0.717) is 16.4 Å². The Morgan fingerprint density at radius 3 is 2.76 bits per heavy atom. The fourth-order valence-electron chi connectivity index (χ4n) is 2.53. The Hall–Kier alpha value is -2.57. The second-order valence-corrected chi connectivity index (χ2v) is 6.64. The summed E-state index contributed by atoms with van der Waals surface area (Å²) >= 11 is 6.29. The summed E-state index contributed by atoms with van der Waals surface area (Å²) in [7, 11) is 5.90. The number of aromatic nitrogens is 3. The zero-order valence-corrected chi connectivity index (χ0v) is 15.1. The number of nitrogens with one attached hydrogen (secondary N) is 2. The molecule has 2 heterocycles. The Kier molecular flexibility index (Phi) is 4.92. The van der Waals surface area contributed by atoms with Crippen LogP contribution in [0.15, 0.2) is 42.7 Å². The Balaban J connectivity index is 1.72. The first-order valence-electron chi connectivity index (χ1n) is 7.84. The Morgan fingerprint density at radius 2 is 2.12 bits per heavy atom. The molecule has 0 aliphatic carbocycles. The van der Waals surface area contributed by atoms with Crippen molar-refractivity contribution in [2.75, 3.05) is 19.4 Å². The van der Waals surface area contributed by atoms with E-state index in [1.807, 2.05) is 61.2 Å². The van der Waals surface area contributed by atoms with E-state index in [0.717, 1.165) is 23.4 Å². The molecule has 6 nitrogen and oxygen atoms in total. The number of carbonyl (C=O) groups excluding carboxylic acids is 1. The normalized spacial score (nSPS) is 11.1. The highest BCUT2D eigenvalue weighted by Crippen LogP contribution is 2.23. The topological polar surface area (TPSA) is 66.0 Å². The number of benzene rings is 1. The number of halogens is 1. The molecule has 0 atom stereocenters. The lowest BCUT2D eigenvalue weighted by molar-refractivity contribution is 0.102. The number of carbonyl (C=O) groups is 1. The van der Waals surface area contributed by atoms with Gasteiger partial charge in [-0.2, -0.15) is 5.10 Å². The Labute approximate surface area is 151 Å². The van der Waals surface area contributed by atoms with Crippen LogP contribution in [0.4, 0.5) is 5.69 Å². The van der Waals surface area contributed by atoms with Crippen LogP contribution in [0.25, 0.3) is 11.3 Å². The molecule has 0 aliphatic rings. The van der Waals surface area contributed by atoms with Gasteiger partial charge >= 0.3 is 0 Å². The summed E-state index contributed by atoms with van der Waals surface area (Å²) in [6, 6.07) is 9.19. The maximum atomic E-state index is 12.4. The lowest BCUT2D eigenvalue weighted by Gasteiger charge is -2.12. The molecule has 0 radical (unpaired) electrons. The van der Waals surface area contributed by atoms with E-state index in [1.54, 1.807) is 12.1 Å². The molecule has 0 saturated carbocycles. The summed E-state index contributed by atoms with van der Waals surface area (Å²) in [6.07, 6.45) is 3.88. The molecule has 7 heteroatoms. The molecule has 3 rings (SSSR count). The highest BCUT2D eigenvalue weighted by molar-refractivity contribution is 6.31. The minimum Gasteiger partial charge on any atom is -0.357 e. The van der Waals surface area contributed by atoms with Crippen LogP contribution in [0.3, 0.4) is 0 Å². The van der Waals surface area contributed by atoms with Crippen LogP contribution >= 0.6 is 11.6 Å². The molecule has 0 aliphatic heterocycles. The predicted molar refractivity (Wildman–Crippen MR) is 99.8 cm³/mol. The first kappa shape index (κ1) is 17.3. The van der Waals surface area contributed by atoms with Crippen LogP contribution < -0.4 is 5.32 Å². The molecule has 1 aromatic carbocycles. The van der Waals surface area contributed by atoms with Gasteiger partial charge < -0.3 is 14.8 Å². The number of aromatic amines is 1. The van der Waals surface area contributed by atoms with Gasteiger partial charge in [-0.05, 0) is 43.9 Å². The quantitative estimate of drug-likeness (QED) is 0.735. The SMILES string of the molecule is CN(C)Cc1ccc(NC(=O)c2cc(-c3ccn(C)c3)n[nH]2)cc1Cl. The average molecular weight is 358 g/mol. The van der Waals surface area contributed by atoms with Crippen molar-refractivity contribution in [1.82, 2.24) is 19.7 Å². The third kappa shape index (κ3) is 4.10. The van der Waals surface area contributed by atoms with Gasteiger partial charge in [-0.25, -0.2) is 0 Å². The molecule has 2 aromatic heterocycles. The largest absolute Gasteiger partial charge is 0.357 e. The zero-order chi connectivity index (χ0) is 18.0. The first-order chi connectivity index (χ1) is 11.9. The van der Waals surface area contributed by atoms with Crippen LogP contribution in [0, 0.1) is 0 Å². The van der Waals surface area contributed by atoms with Gasteiger partial charge in [0, 0.05) is 42.3 Å². The zero-order valence-electron chi connectivity index (χ0n) is 14.4. The highest BCUT2D eigenvalue weighted by atomic mass is 35.5. The number of anilines is 1. The predicted octanol–water partition coefficient (Wildman–Crippen LogP) is 3.38. The van der Waals surface area contributed by atoms with Crippen molar-refractivity contribution in [1.29, 1.82) is 0 Å². The number of hydrogen-bond donors (Lipinski definition) is 2. The smallest absolute Gasteiger partial charge is 0.273 e. The van der Waals surface area contributed by atoms with Gasteiger partial charge in [-0.1, -0.05) is 17.7 Å². The molecule has 130 valence electrons. The van der Waals surface area contributed by atoms with Crippen molar-refractivity contribution < 1.29 is 4.79 Å². The standard InChI is InChI=1S/C18H20ClN5O/c1-23(2)10-12-4-5-14(8-15(12)19)20-18(25)17-9-16(21-22-17)13-6-7-24(3)11-13/h4-9,11H,10H2,1-3H3,(H,20,25)(H,21,22). The molecular formula is C18H20ClN5O. The molecule has 1 amide bonds. The number of aryl methyl sites for hydroxylation is 1. The Morgan fingerprint density at radius 1 is 1.32 bits per heavy atom. The van der Waals surface area contributed by atoms with Gasteiger partial charge in [0.25, 0.3) is 5.91 Å². The van der Waals surface area contributed by atoms with Crippen molar-refractivity contribution in [2.24, 2.45) is 7.05 Å². The lowest BCUT2D eigenvalue weighted by Crippen LogP contribution is -2.13. The molecule has 3 aromatic rings. The molecule has 25 heavy (non-hydrogen) atoms. The number of amides is 1. The van der Waals surface area contributed by atoms with Crippen molar-refractivity contribution in [3.8, 4) is 11.3 Å².